The summed E-state index contributed by atoms with van der Waals surface area (Å²) < 4.78 is 63.9. The fourth-order valence-corrected chi connectivity index (χ4v) is 5.60. The number of nitrogens with one attached hydrogen (secondary N) is 2. The maximum atomic E-state index is 15.3. The smallest absolute Gasteiger partial charge is 0.319 e. The van der Waals surface area contributed by atoms with Crippen molar-refractivity contribution in [1.29, 1.82) is 5.26 Å². The molecule has 1 fully saturated rings. The van der Waals surface area contributed by atoms with Gasteiger partial charge in [-0.3, -0.25) is 0 Å². The number of hydrogen-bond donors (Lipinski definition) is 2. The zero-order valence-corrected chi connectivity index (χ0v) is 26.5. The molecular weight excluding hydrogens is 603 g/mol. The van der Waals surface area contributed by atoms with Crippen molar-refractivity contribution >= 4 is 30.8 Å². The number of halogens is 3. The number of aromatic nitrogens is 2. The SMILES string of the molecule is CC1(CNC(=O)Nc2cc(F)c(Oc3ccnc4c3c(-c3cccc(F)c3C#N)cn4COCC[Si](C)(C)C)c(F)c2)COC1. The maximum absolute atomic E-state index is 15.3. The van der Waals surface area contributed by atoms with Crippen LogP contribution in [0, 0.1) is 34.2 Å². The van der Waals surface area contributed by atoms with E-state index in [0.717, 1.165) is 18.2 Å². The molecule has 0 atom stereocenters. The van der Waals surface area contributed by atoms with Gasteiger partial charge in [-0.05, 0) is 18.2 Å². The maximum Gasteiger partial charge on any atom is 0.319 e. The van der Waals surface area contributed by atoms with Crippen LogP contribution in [-0.4, -0.2) is 50.0 Å². The highest BCUT2D eigenvalue weighted by Gasteiger charge is 2.33. The summed E-state index contributed by atoms with van der Waals surface area (Å²) in [6, 6.07) is 9.77. The molecule has 2 amide bonds. The Hall–Kier alpha value is -4.38. The van der Waals surface area contributed by atoms with E-state index >= 15 is 8.78 Å². The molecule has 9 nitrogen and oxygen atoms in total. The molecule has 5 rings (SSSR count). The molecule has 0 radical (unpaired) electrons. The average Bonchev–Trinajstić information content (AvgIpc) is 3.33. The normalized spacial score (nSPS) is 14.1. The predicted molar refractivity (Wildman–Crippen MR) is 166 cm³/mol. The Labute approximate surface area is 259 Å². The van der Waals surface area contributed by atoms with E-state index in [1.807, 2.05) is 13.0 Å². The van der Waals surface area contributed by atoms with Gasteiger partial charge in [-0.15, -0.1) is 0 Å². The Balaban J connectivity index is 1.47. The number of ether oxygens (including phenoxy) is 3. The molecule has 45 heavy (non-hydrogen) atoms. The summed E-state index contributed by atoms with van der Waals surface area (Å²) in [5.74, 6) is -3.52. The number of carbonyl (C=O) groups excluding carboxylic acids is 1. The Morgan fingerprint density at radius 1 is 1.13 bits per heavy atom. The fourth-order valence-electron chi connectivity index (χ4n) is 4.84. The van der Waals surface area contributed by atoms with Crippen LogP contribution in [0.3, 0.4) is 0 Å². The highest BCUT2D eigenvalue weighted by atomic mass is 28.3. The molecule has 13 heteroatoms. The number of anilines is 1. The van der Waals surface area contributed by atoms with Crippen molar-refractivity contribution in [3.63, 3.8) is 0 Å². The second kappa shape index (κ2) is 12.9. The van der Waals surface area contributed by atoms with E-state index in [2.05, 4.69) is 35.3 Å². The van der Waals surface area contributed by atoms with Crippen LogP contribution in [0.25, 0.3) is 22.2 Å². The number of benzene rings is 2. The van der Waals surface area contributed by atoms with E-state index < -0.39 is 37.3 Å². The molecule has 1 aliphatic heterocycles. The zero-order valence-electron chi connectivity index (χ0n) is 25.5. The quantitative estimate of drug-likeness (QED) is 0.132. The molecular formula is C32H34F3N5O4Si. The van der Waals surface area contributed by atoms with Crippen molar-refractivity contribution < 1.29 is 32.2 Å². The van der Waals surface area contributed by atoms with Gasteiger partial charge in [-0.2, -0.15) is 5.26 Å². The molecule has 0 unspecified atom stereocenters. The summed E-state index contributed by atoms with van der Waals surface area (Å²) in [6.45, 7) is 10.7. The lowest BCUT2D eigenvalue weighted by molar-refractivity contribution is -0.0974. The van der Waals surface area contributed by atoms with Crippen molar-refractivity contribution in [2.45, 2.75) is 39.3 Å². The van der Waals surface area contributed by atoms with Gasteiger partial charge in [-0.25, -0.2) is 22.9 Å². The minimum atomic E-state index is -1.35. The standard InChI is InChI=1S/C32H34F3N5O4Si/c1-32(17-43-18-32)16-38-31(41)39-20-12-25(34)29(26(35)13-20)44-27-8-9-37-30-28(27)23(21-6-5-7-24(33)22(21)14-36)15-40(30)19-42-10-11-45(2,3)4/h5-9,12-13,15H,10-11,16-19H2,1-4H3,(H2,38,39,41). The molecule has 1 saturated heterocycles. The number of nitriles is 1. The number of fused-ring (bicyclic) bond motifs is 1. The highest BCUT2D eigenvalue weighted by Crippen LogP contribution is 2.41. The number of nitrogens with zero attached hydrogens (tertiary/aromatic N) is 3. The van der Waals surface area contributed by atoms with E-state index in [0.29, 0.717) is 43.0 Å². The van der Waals surface area contributed by atoms with Crippen molar-refractivity contribution in [1.82, 2.24) is 14.9 Å². The minimum Gasteiger partial charge on any atom is -0.450 e. The summed E-state index contributed by atoms with van der Waals surface area (Å²) in [5.41, 5.74) is 0.499. The second-order valence-corrected chi connectivity index (χ2v) is 18.2. The molecule has 4 aromatic rings. The summed E-state index contributed by atoms with van der Waals surface area (Å²) in [7, 11) is -1.35. The molecule has 2 aromatic carbocycles. The molecule has 1 aliphatic rings. The van der Waals surface area contributed by atoms with E-state index in [-0.39, 0.29) is 34.7 Å². The number of urea groups is 1. The zero-order chi connectivity index (χ0) is 32.4. The van der Waals surface area contributed by atoms with Gasteiger partial charge in [0.05, 0.1) is 24.2 Å². The van der Waals surface area contributed by atoms with Gasteiger partial charge in [0.25, 0.3) is 0 Å². The van der Waals surface area contributed by atoms with Crippen LogP contribution < -0.4 is 15.4 Å². The van der Waals surface area contributed by atoms with Gasteiger partial charge < -0.3 is 29.4 Å². The Morgan fingerprint density at radius 2 is 1.87 bits per heavy atom. The first-order valence-electron chi connectivity index (χ1n) is 14.4. The number of amides is 2. The lowest BCUT2D eigenvalue weighted by Crippen LogP contribution is -2.49. The van der Waals surface area contributed by atoms with Crippen molar-refractivity contribution in [3.05, 3.63) is 71.8 Å². The van der Waals surface area contributed by atoms with Gasteiger partial charge in [-0.1, -0.05) is 38.7 Å². The first kappa shape index (κ1) is 32.0. The Bertz CT molecular complexity index is 1760. The van der Waals surface area contributed by atoms with Crippen LogP contribution in [0.15, 0.2) is 48.8 Å². The average molecular weight is 638 g/mol. The van der Waals surface area contributed by atoms with Crippen molar-refractivity contribution in [3.8, 4) is 28.7 Å². The summed E-state index contributed by atoms with van der Waals surface area (Å²) in [5, 5.41) is 15.2. The number of rotatable bonds is 11. The highest BCUT2D eigenvalue weighted by molar-refractivity contribution is 6.76. The Kier molecular flexibility index (Phi) is 9.20. The number of carbonyl (C=O) groups is 1. The topological polar surface area (TPSA) is 110 Å². The predicted octanol–water partition coefficient (Wildman–Crippen LogP) is 7.25. The molecule has 0 saturated carbocycles. The minimum absolute atomic E-state index is 0.0243. The molecule has 2 N–H and O–H groups in total. The molecule has 0 spiro atoms. The third-order valence-electron chi connectivity index (χ3n) is 7.41. The van der Waals surface area contributed by atoms with Crippen LogP contribution in [-0.2, 0) is 16.2 Å². The number of hydrogen-bond acceptors (Lipinski definition) is 6. The van der Waals surface area contributed by atoms with Gasteiger partial charge in [0, 0.05) is 68.0 Å². The second-order valence-electron chi connectivity index (χ2n) is 12.6. The van der Waals surface area contributed by atoms with E-state index in [1.54, 1.807) is 16.8 Å². The van der Waals surface area contributed by atoms with Crippen LogP contribution >= 0.6 is 0 Å². The van der Waals surface area contributed by atoms with Gasteiger partial charge in [0.1, 0.15) is 30.0 Å². The third-order valence-corrected chi connectivity index (χ3v) is 9.11. The largest absolute Gasteiger partial charge is 0.450 e. The van der Waals surface area contributed by atoms with Crippen LogP contribution in [0.2, 0.25) is 25.7 Å². The molecule has 236 valence electrons. The van der Waals surface area contributed by atoms with Gasteiger partial charge in [0.15, 0.2) is 17.4 Å². The van der Waals surface area contributed by atoms with Crippen LogP contribution in [0.1, 0.15) is 12.5 Å². The van der Waals surface area contributed by atoms with Gasteiger partial charge >= 0.3 is 6.03 Å². The van der Waals surface area contributed by atoms with E-state index in [9.17, 15) is 14.4 Å². The third kappa shape index (κ3) is 7.30. The van der Waals surface area contributed by atoms with Crippen LogP contribution in [0.5, 0.6) is 11.5 Å². The van der Waals surface area contributed by atoms with E-state index in [4.69, 9.17) is 14.2 Å². The lowest BCUT2D eigenvalue weighted by atomic mass is 9.89. The Morgan fingerprint density at radius 3 is 2.51 bits per heavy atom. The van der Waals surface area contributed by atoms with Gasteiger partial charge in [0.2, 0.25) is 0 Å². The van der Waals surface area contributed by atoms with Crippen molar-refractivity contribution in [2.24, 2.45) is 5.41 Å². The molecule has 0 bridgehead atoms. The summed E-state index contributed by atoms with van der Waals surface area (Å²) >= 11 is 0. The number of pyridine rings is 1. The van der Waals surface area contributed by atoms with E-state index in [1.165, 1.54) is 24.4 Å². The molecule has 0 aliphatic carbocycles. The van der Waals surface area contributed by atoms with Crippen molar-refractivity contribution in [2.75, 3.05) is 31.7 Å². The molecule has 2 aromatic heterocycles. The molecule has 3 heterocycles. The first-order valence-corrected chi connectivity index (χ1v) is 18.1. The lowest BCUT2D eigenvalue weighted by Gasteiger charge is -2.37. The fraction of sp³-hybridized carbons (Fsp3) is 0.344. The first-order chi connectivity index (χ1) is 21.4. The monoisotopic (exact) mass is 637 g/mol. The summed E-state index contributed by atoms with van der Waals surface area (Å²) in [4.78, 5) is 16.8. The summed E-state index contributed by atoms with van der Waals surface area (Å²) in [6.07, 6.45) is 3.07. The van der Waals surface area contributed by atoms with Crippen LogP contribution in [0.4, 0.5) is 23.7 Å².